The average Bonchev–Trinajstić information content (AvgIpc) is 3.21. The first-order valence-electron chi connectivity index (χ1n) is 9.10. The SMILES string of the molecule is O=C([O-])[C@H](NC(=O)[C@@H]1CCCN1C(=O)OCc1ccccc1)c1ccccc1. The fourth-order valence-electron chi connectivity index (χ4n) is 3.22. The Morgan fingerprint density at radius 2 is 1.71 bits per heavy atom. The summed E-state index contributed by atoms with van der Waals surface area (Å²) in [5.41, 5.74) is 1.25. The van der Waals surface area contributed by atoms with Gasteiger partial charge in [0.15, 0.2) is 0 Å². The number of amides is 2. The first-order chi connectivity index (χ1) is 13.6. The standard InChI is InChI=1S/C21H22N2O5/c24-19(22-18(20(25)26)16-10-5-2-6-11-16)17-12-7-13-23(17)21(27)28-14-15-8-3-1-4-9-15/h1-6,8-11,17-18H,7,12-14H2,(H,22,24)(H,25,26)/p-1/t17-,18+/m0/s1. The maximum atomic E-state index is 12.7. The Kier molecular flexibility index (Phi) is 6.26. The zero-order valence-corrected chi connectivity index (χ0v) is 15.2. The van der Waals surface area contributed by atoms with Gasteiger partial charge in [-0.05, 0) is 24.0 Å². The number of ether oxygens (including phenoxy) is 1. The van der Waals surface area contributed by atoms with Gasteiger partial charge in [0, 0.05) is 6.54 Å². The summed E-state index contributed by atoms with van der Waals surface area (Å²) in [6, 6.07) is 15.5. The highest BCUT2D eigenvalue weighted by Crippen LogP contribution is 2.21. The van der Waals surface area contributed by atoms with Gasteiger partial charge in [0.05, 0.1) is 12.0 Å². The first kappa shape index (κ1) is 19.4. The van der Waals surface area contributed by atoms with E-state index in [1.165, 1.54) is 4.90 Å². The summed E-state index contributed by atoms with van der Waals surface area (Å²) >= 11 is 0. The third kappa shape index (κ3) is 4.68. The fraction of sp³-hybridized carbons (Fsp3) is 0.286. The van der Waals surface area contributed by atoms with Crippen molar-refractivity contribution in [1.29, 1.82) is 0 Å². The average molecular weight is 381 g/mol. The van der Waals surface area contributed by atoms with Crippen molar-refractivity contribution in [3.8, 4) is 0 Å². The second-order valence-electron chi connectivity index (χ2n) is 6.56. The van der Waals surface area contributed by atoms with Crippen LogP contribution in [-0.2, 0) is 20.9 Å². The van der Waals surface area contributed by atoms with Crippen LogP contribution in [0.3, 0.4) is 0 Å². The molecular weight excluding hydrogens is 360 g/mol. The number of nitrogens with zero attached hydrogens (tertiary/aromatic N) is 1. The van der Waals surface area contributed by atoms with E-state index in [0.717, 1.165) is 5.56 Å². The molecule has 0 unspecified atom stereocenters. The molecule has 1 fully saturated rings. The summed E-state index contributed by atoms with van der Waals surface area (Å²) in [7, 11) is 0. The molecule has 2 aromatic carbocycles. The number of likely N-dealkylation sites (tertiary alicyclic amines) is 1. The Morgan fingerprint density at radius 3 is 2.36 bits per heavy atom. The molecule has 1 saturated heterocycles. The van der Waals surface area contributed by atoms with E-state index in [0.29, 0.717) is 24.9 Å². The van der Waals surface area contributed by atoms with Crippen LogP contribution in [0.25, 0.3) is 0 Å². The van der Waals surface area contributed by atoms with Gasteiger partial charge >= 0.3 is 6.09 Å². The largest absolute Gasteiger partial charge is 0.548 e. The molecule has 3 rings (SSSR count). The van der Waals surface area contributed by atoms with E-state index in [2.05, 4.69) is 5.32 Å². The molecule has 0 bridgehead atoms. The van der Waals surface area contributed by atoms with Crippen molar-refractivity contribution >= 4 is 18.0 Å². The first-order valence-corrected chi connectivity index (χ1v) is 9.10. The molecular formula is C21H21N2O5-. The monoisotopic (exact) mass is 381 g/mol. The van der Waals surface area contributed by atoms with Crippen molar-refractivity contribution in [2.45, 2.75) is 31.5 Å². The van der Waals surface area contributed by atoms with Gasteiger partial charge in [-0.1, -0.05) is 60.7 Å². The molecule has 2 amide bonds. The lowest BCUT2D eigenvalue weighted by Gasteiger charge is -2.26. The third-order valence-electron chi connectivity index (χ3n) is 4.65. The predicted molar refractivity (Wildman–Crippen MR) is 98.7 cm³/mol. The number of rotatable bonds is 6. The van der Waals surface area contributed by atoms with Gasteiger partial charge in [0.25, 0.3) is 0 Å². The van der Waals surface area contributed by atoms with Crippen molar-refractivity contribution in [3.63, 3.8) is 0 Å². The van der Waals surface area contributed by atoms with Crippen LogP contribution in [0, 0.1) is 0 Å². The summed E-state index contributed by atoms with van der Waals surface area (Å²) in [4.78, 5) is 37.9. The molecule has 1 N–H and O–H groups in total. The Morgan fingerprint density at radius 1 is 1.07 bits per heavy atom. The minimum absolute atomic E-state index is 0.107. The molecule has 0 radical (unpaired) electrons. The van der Waals surface area contributed by atoms with E-state index < -0.39 is 30.1 Å². The molecule has 0 aliphatic carbocycles. The number of carboxylic acid groups (broad SMARTS) is 1. The molecule has 28 heavy (non-hydrogen) atoms. The van der Waals surface area contributed by atoms with Gasteiger partial charge in [0.2, 0.25) is 5.91 Å². The molecule has 2 aromatic rings. The maximum absolute atomic E-state index is 12.7. The number of hydrogen-bond donors (Lipinski definition) is 1. The Hall–Kier alpha value is -3.35. The number of carboxylic acids is 1. The smallest absolute Gasteiger partial charge is 0.410 e. The van der Waals surface area contributed by atoms with E-state index in [1.54, 1.807) is 30.3 Å². The van der Waals surface area contributed by atoms with Crippen LogP contribution in [0.15, 0.2) is 60.7 Å². The summed E-state index contributed by atoms with van der Waals surface area (Å²) in [6.07, 6.45) is 0.493. The molecule has 7 heteroatoms. The quantitative estimate of drug-likeness (QED) is 0.815. The minimum atomic E-state index is -1.41. The second-order valence-corrected chi connectivity index (χ2v) is 6.56. The Balaban J connectivity index is 1.63. The van der Waals surface area contributed by atoms with Crippen LogP contribution in [0.1, 0.15) is 30.0 Å². The third-order valence-corrected chi connectivity index (χ3v) is 4.65. The normalized spacial score (nSPS) is 17.0. The zero-order chi connectivity index (χ0) is 19.9. The van der Waals surface area contributed by atoms with Gasteiger partial charge in [-0.15, -0.1) is 0 Å². The van der Waals surface area contributed by atoms with Crippen LogP contribution >= 0.6 is 0 Å². The van der Waals surface area contributed by atoms with Gasteiger partial charge in [-0.2, -0.15) is 0 Å². The molecule has 146 valence electrons. The lowest BCUT2D eigenvalue weighted by atomic mass is 10.1. The zero-order valence-electron chi connectivity index (χ0n) is 15.2. The predicted octanol–water partition coefficient (Wildman–Crippen LogP) is 1.40. The summed E-state index contributed by atoms with van der Waals surface area (Å²) in [5, 5.41) is 14.0. The highest BCUT2D eigenvalue weighted by atomic mass is 16.6. The summed E-state index contributed by atoms with van der Waals surface area (Å²) in [5.74, 6) is -1.94. The minimum Gasteiger partial charge on any atom is -0.548 e. The van der Waals surface area contributed by atoms with E-state index in [4.69, 9.17) is 4.74 Å². The molecule has 0 spiro atoms. The van der Waals surface area contributed by atoms with Crippen LogP contribution in [0.5, 0.6) is 0 Å². The van der Waals surface area contributed by atoms with Crippen LogP contribution in [0.4, 0.5) is 4.79 Å². The van der Waals surface area contributed by atoms with Crippen LogP contribution < -0.4 is 10.4 Å². The second kappa shape index (κ2) is 9.03. The maximum Gasteiger partial charge on any atom is 0.410 e. The van der Waals surface area contributed by atoms with E-state index in [-0.39, 0.29) is 6.61 Å². The number of carbonyl (C=O) groups excluding carboxylic acids is 3. The molecule has 0 aromatic heterocycles. The lowest BCUT2D eigenvalue weighted by molar-refractivity contribution is -0.308. The fourth-order valence-corrected chi connectivity index (χ4v) is 3.22. The molecule has 7 nitrogen and oxygen atoms in total. The number of hydrogen-bond acceptors (Lipinski definition) is 5. The number of nitrogens with one attached hydrogen (secondary N) is 1. The van der Waals surface area contributed by atoms with Crippen molar-refractivity contribution in [1.82, 2.24) is 10.2 Å². The van der Waals surface area contributed by atoms with Crippen molar-refractivity contribution in [3.05, 3.63) is 71.8 Å². The van der Waals surface area contributed by atoms with Crippen molar-refractivity contribution < 1.29 is 24.2 Å². The lowest BCUT2D eigenvalue weighted by Crippen LogP contribution is -2.50. The van der Waals surface area contributed by atoms with E-state index in [1.807, 2.05) is 30.3 Å². The van der Waals surface area contributed by atoms with Gasteiger partial charge in [-0.3, -0.25) is 9.69 Å². The molecule has 1 aliphatic rings. The van der Waals surface area contributed by atoms with Gasteiger partial charge in [0.1, 0.15) is 12.6 Å². The molecule has 1 aliphatic heterocycles. The summed E-state index contributed by atoms with van der Waals surface area (Å²) < 4.78 is 5.31. The number of benzene rings is 2. The van der Waals surface area contributed by atoms with Gasteiger partial charge < -0.3 is 20.0 Å². The molecule has 2 atom stereocenters. The summed E-state index contributed by atoms with van der Waals surface area (Å²) in [6.45, 7) is 0.489. The van der Waals surface area contributed by atoms with Crippen LogP contribution in [0.2, 0.25) is 0 Å². The van der Waals surface area contributed by atoms with Crippen LogP contribution in [-0.4, -0.2) is 35.5 Å². The van der Waals surface area contributed by atoms with Crippen molar-refractivity contribution in [2.24, 2.45) is 0 Å². The molecule has 0 saturated carbocycles. The number of aliphatic carboxylic acids is 1. The van der Waals surface area contributed by atoms with E-state index in [9.17, 15) is 19.5 Å². The molecule has 1 heterocycles. The van der Waals surface area contributed by atoms with Crippen molar-refractivity contribution in [2.75, 3.05) is 6.54 Å². The highest BCUT2D eigenvalue weighted by molar-refractivity contribution is 5.89. The highest BCUT2D eigenvalue weighted by Gasteiger charge is 2.36. The Bertz CT molecular complexity index is 825. The topological polar surface area (TPSA) is 98.8 Å². The van der Waals surface area contributed by atoms with E-state index >= 15 is 0 Å². The Labute approximate surface area is 162 Å². The number of carbonyl (C=O) groups is 3. The van der Waals surface area contributed by atoms with Gasteiger partial charge in [-0.25, -0.2) is 4.79 Å².